The Morgan fingerprint density at radius 3 is 1.53 bits per heavy atom. The number of alkyl carbamates (subject to hydrolysis) is 1. The minimum atomic E-state index is -1.33. The van der Waals surface area contributed by atoms with Crippen molar-refractivity contribution in [3.63, 3.8) is 0 Å². The van der Waals surface area contributed by atoms with Crippen LogP contribution in [-0.4, -0.2) is 72.1 Å². The number of piperidine rings is 2. The van der Waals surface area contributed by atoms with Crippen molar-refractivity contribution >= 4 is 29.4 Å². The van der Waals surface area contributed by atoms with Gasteiger partial charge in [0.25, 0.3) is 0 Å². The molecule has 49 heavy (non-hydrogen) atoms. The highest BCUT2D eigenvalue weighted by Gasteiger charge is 2.44. The fourth-order valence-corrected chi connectivity index (χ4v) is 7.02. The molecule has 4 aromatic rings. The molecule has 10 nitrogen and oxygen atoms in total. The largest absolute Gasteiger partial charge is 0.480 e. The number of aliphatic carboxylic acids is 2. The molecular weight excluding hydrogens is 620 g/mol. The molecule has 1 aliphatic carbocycles. The number of benzene rings is 4. The third kappa shape index (κ3) is 7.24. The number of fused-ring (bicyclic) bond motifs is 3. The number of carboxylic acids is 2. The molecule has 2 heterocycles. The molecule has 7 rings (SSSR count). The first-order chi connectivity index (χ1) is 23.7. The van der Waals surface area contributed by atoms with Crippen molar-refractivity contribution in [2.45, 2.75) is 42.7 Å². The molecule has 3 aliphatic rings. The second-order valence-electron chi connectivity index (χ2n) is 12.9. The molecule has 10 heteroatoms. The quantitative estimate of drug-likeness (QED) is 0.195. The average Bonchev–Trinajstić information content (AvgIpc) is 3.46. The van der Waals surface area contributed by atoms with Crippen molar-refractivity contribution in [1.29, 1.82) is 0 Å². The Balaban J connectivity index is 0.000000218. The van der Waals surface area contributed by atoms with Crippen LogP contribution in [0.1, 0.15) is 42.7 Å². The van der Waals surface area contributed by atoms with Crippen molar-refractivity contribution in [2.24, 2.45) is 5.73 Å². The number of nitrogens with zero attached hydrogens (tertiary/aromatic N) is 2. The zero-order valence-electron chi connectivity index (χ0n) is 27.3. The fourth-order valence-electron chi connectivity index (χ4n) is 7.02. The topological polar surface area (TPSA) is 145 Å². The van der Waals surface area contributed by atoms with Crippen molar-refractivity contribution in [3.8, 4) is 11.1 Å². The minimum Gasteiger partial charge on any atom is -0.480 e. The second-order valence-corrected chi connectivity index (χ2v) is 12.9. The van der Waals surface area contributed by atoms with Crippen molar-refractivity contribution in [2.75, 3.05) is 42.6 Å². The molecular formula is C39H42N4O6. The maximum Gasteiger partial charge on any atom is 0.408 e. The Hall–Kier alpha value is -5.35. The molecule has 0 aromatic heterocycles. The highest BCUT2D eigenvalue weighted by Crippen LogP contribution is 2.44. The lowest BCUT2D eigenvalue weighted by atomic mass is 9.87. The van der Waals surface area contributed by atoms with E-state index in [0.29, 0.717) is 51.9 Å². The molecule has 2 fully saturated rings. The number of ether oxygens (including phenoxy) is 1. The van der Waals surface area contributed by atoms with Gasteiger partial charge < -0.3 is 35.8 Å². The number of carbonyl (C=O) groups excluding carboxylic acids is 1. The Labute approximate surface area is 286 Å². The number of para-hydroxylation sites is 2. The summed E-state index contributed by atoms with van der Waals surface area (Å²) in [4.78, 5) is 40.2. The number of hydrogen-bond acceptors (Lipinski definition) is 7. The molecule has 0 atom stereocenters. The monoisotopic (exact) mass is 662 g/mol. The Kier molecular flexibility index (Phi) is 9.87. The standard InChI is InChI=1S/C27H26N2O4.C12H16N2O2/c30-25(31)27(14-16-29(17-15-27)19-8-2-1-3-9-19)28-26(32)33-18-24-22-12-6-4-10-20(22)21-11-5-7-13-23(21)24;13-12(11(15)16)6-8-14(9-7-12)10-4-2-1-3-5-10/h1-13,24H,14-18H2,(H,28,32)(H,30,31);1-5H,6-9,13H2,(H,15,16). The molecule has 0 bridgehead atoms. The number of carboxylic acid groups (broad SMARTS) is 2. The lowest BCUT2D eigenvalue weighted by molar-refractivity contribution is -0.146. The van der Waals surface area contributed by atoms with Gasteiger partial charge in [0, 0.05) is 43.5 Å². The third-order valence-corrected chi connectivity index (χ3v) is 10.0. The van der Waals surface area contributed by atoms with Gasteiger partial charge in [-0.05, 0) is 72.2 Å². The number of rotatable bonds is 7. The SMILES string of the molecule is NC1(C(=O)O)CCN(c2ccccc2)CC1.O=C(NC1(C(=O)O)CCN(c2ccccc2)CC1)OCC1c2ccccc2-c2ccccc21. The molecule has 5 N–H and O–H groups in total. The van der Waals surface area contributed by atoms with E-state index in [1.165, 1.54) is 0 Å². The highest BCUT2D eigenvalue weighted by molar-refractivity contribution is 5.85. The summed E-state index contributed by atoms with van der Waals surface area (Å²) >= 11 is 0. The zero-order valence-corrected chi connectivity index (χ0v) is 27.3. The normalized spacial score (nSPS) is 17.5. The van der Waals surface area contributed by atoms with Crippen molar-refractivity contribution in [3.05, 3.63) is 120 Å². The Bertz CT molecular complexity index is 1720. The summed E-state index contributed by atoms with van der Waals surface area (Å²) < 4.78 is 5.60. The van der Waals surface area contributed by atoms with Crippen LogP contribution >= 0.6 is 0 Å². The van der Waals surface area contributed by atoms with Crippen LogP contribution in [0.15, 0.2) is 109 Å². The van der Waals surface area contributed by atoms with Crippen LogP contribution in [0.5, 0.6) is 0 Å². The number of nitrogens with one attached hydrogen (secondary N) is 1. The number of hydrogen-bond donors (Lipinski definition) is 4. The van der Waals surface area contributed by atoms with E-state index in [0.717, 1.165) is 33.6 Å². The van der Waals surface area contributed by atoms with Crippen LogP contribution in [0.25, 0.3) is 11.1 Å². The van der Waals surface area contributed by atoms with Crippen LogP contribution in [0.3, 0.4) is 0 Å². The van der Waals surface area contributed by atoms with Gasteiger partial charge in [-0.15, -0.1) is 0 Å². The molecule has 0 saturated carbocycles. The third-order valence-electron chi connectivity index (χ3n) is 10.0. The fraction of sp³-hybridized carbons (Fsp3) is 0.308. The molecule has 1 amide bonds. The lowest BCUT2D eigenvalue weighted by Crippen LogP contribution is -2.60. The summed E-state index contributed by atoms with van der Waals surface area (Å²) in [5, 5.41) is 21.6. The lowest BCUT2D eigenvalue weighted by Gasteiger charge is -2.40. The van der Waals surface area contributed by atoms with E-state index >= 15 is 0 Å². The van der Waals surface area contributed by atoms with E-state index in [9.17, 15) is 19.5 Å². The predicted molar refractivity (Wildman–Crippen MR) is 189 cm³/mol. The van der Waals surface area contributed by atoms with Gasteiger partial charge in [0.1, 0.15) is 17.7 Å². The van der Waals surface area contributed by atoms with Gasteiger partial charge in [-0.1, -0.05) is 84.9 Å². The van der Waals surface area contributed by atoms with Gasteiger partial charge in [-0.25, -0.2) is 9.59 Å². The van der Waals surface area contributed by atoms with Gasteiger partial charge >= 0.3 is 18.0 Å². The first-order valence-electron chi connectivity index (χ1n) is 16.7. The maximum absolute atomic E-state index is 12.7. The summed E-state index contributed by atoms with van der Waals surface area (Å²) in [5.74, 6) is -1.98. The van der Waals surface area contributed by atoms with E-state index < -0.39 is 29.1 Å². The first-order valence-corrected chi connectivity index (χ1v) is 16.7. The van der Waals surface area contributed by atoms with Crippen LogP contribution in [-0.2, 0) is 14.3 Å². The molecule has 2 saturated heterocycles. The summed E-state index contributed by atoms with van der Waals surface area (Å²) in [5.41, 5.74) is 10.2. The van der Waals surface area contributed by atoms with Crippen molar-refractivity contribution in [1.82, 2.24) is 5.32 Å². The molecule has 0 radical (unpaired) electrons. The van der Waals surface area contributed by atoms with Crippen LogP contribution in [0, 0.1) is 0 Å². The van der Waals surface area contributed by atoms with Gasteiger partial charge in [0.2, 0.25) is 0 Å². The van der Waals surface area contributed by atoms with E-state index in [2.05, 4.69) is 39.4 Å². The Morgan fingerprint density at radius 1 is 0.653 bits per heavy atom. The number of nitrogens with two attached hydrogens (primary N) is 1. The maximum atomic E-state index is 12.7. The molecule has 4 aromatic carbocycles. The van der Waals surface area contributed by atoms with Crippen LogP contribution < -0.4 is 20.9 Å². The van der Waals surface area contributed by atoms with E-state index in [-0.39, 0.29) is 12.5 Å². The first kappa shape index (κ1) is 33.5. The summed E-state index contributed by atoms with van der Waals surface area (Å²) in [6.07, 6.45) is 0.921. The number of carbonyl (C=O) groups is 3. The smallest absolute Gasteiger partial charge is 0.408 e. The van der Waals surface area contributed by atoms with Gasteiger partial charge in [-0.2, -0.15) is 0 Å². The highest BCUT2D eigenvalue weighted by atomic mass is 16.5. The summed E-state index contributed by atoms with van der Waals surface area (Å²) in [6.45, 7) is 2.64. The zero-order chi connectivity index (χ0) is 34.4. The van der Waals surface area contributed by atoms with Gasteiger partial charge in [0.05, 0.1) is 0 Å². The van der Waals surface area contributed by atoms with E-state index in [1.54, 1.807) is 0 Å². The van der Waals surface area contributed by atoms with Crippen LogP contribution in [0.4, 0.5) is 16.2 Å². The van der Waals surface area contributed by atoms with E-state index in [4.69, 9.17) is 15.6 Å². The van der Waals surface area contributed by atoms with Gasteiger partial charge in [0.15, 0.2) is 0 Å². The summed E-state index contributed by atoms with van der Waals surface area (Å²) in [7, 11) is 0. The average molecular weight is 663 g/mol. The molecule has 254 valence electrons. The number of amides is 1. The summed E-state index contributed by atoms with van der Waals surface area (Å²) in [6, 6.07) is 36.1. The van der Waals surface area contributed by atoms with E-state index in [1.807, 2.05) is 84.9 Å². The molecule has 2 aliphatic heterocycles. The molecule has 0 spiro atoms. The van der Waals surface area contributed by atoms with Crippen LogP contribution in [0.2, 0.25) is 0 Å². The number of anilines is 2. The second kappa shape index (κ2) is 14.4. The van der Waals surface area contributed by atoms with Gasteiger partial charge in [-0.3, -0.25) is 4.79 Å². The minimum absolute atomic E-state index is 0.0659. The predicted octanol–water partition coefficient (Wildman–Crippen LogP) is 5.72. The van der Waals surface area contributed by atoms with Crippen molar-refractivity contribution < 1.29 is 29.3 Å². The molecule has 0 unspecified atom stereocenters. The Morgan fingerprint density at radius 2 is 1.08 bits per heavy atom.